The van der Waals surface area contributed by atoms with Crippen molar-refractivity contribution >= 4 is 17.5 Å². The maximum Gasteiger partial charge on any atom is 0.313 e. The van der Waals surface area contributed by atoms with Crippen LogP contribution in [0.3, 0.4) is 0 Å². The standard InChI is InChI=1S/C12H15FN2O3/c1-7-5-9(3-4-10(7)13)15-12(18)11(17)14-6-8(2)16/h3-5,8,16H,6H2,1-2H3,(H,14,17)(H,15,18). The first kappa shape index (κ1) is 14.1. The highest BCUT2D eigenvalue weighted by Gasteiger charge is 2.14. The summed E-state index contributed by atoms with van der Waals surface area (Å²) in [5.41, 5.74) is 0.711. The monoisotopic (exact) mass is 254 g/mol. The van der Waals surface area contributed by atoms with Gasteiger partial charge in [0.1, 0.15) is 5.82 Å². The SMILES string of the molecule is Cc1cc(NC(=O)C(=O)NCC(C)O)ccc1F. The molecule has 5 nitrogen and oxygen atoms in total. The van der Waals surface area contributed by atoms with Crippen molar-refractivity contribution in [1.82, 2.24) is 5.32 Å². The highest BCUT2D eigenvalue weighted by molar-refractivity contribution is 6.39. The number of aliphatic hydroxyl groups excluding tert-OH is 1. The van der Waals surface area contributed by atoms with Crippen LogP contribution in [-0.2, 0) is 9.59 Å². The second kappa shape index (κ2) is 6.11. The van der Waals surface area contributed by atoms with Crippen LogP contribution in [0.4, 0.5) is 10.1 Å². The van der Waals surface area contributed by atoms with Gasteiger partial charge in [0.15, 0.2) is 0 Å². The Morgan fingerprint density at radius 2 is 2.06 bits per heavy atom. The van der Waals surface area contributed by atoms with Crippen molar-refractivity contribution in [3.05, 3.63) is 29.6 Å². The second-order valence-electron chi connectivity index (χ2n) is 3.98. The van der Waals surface area contributed by atoms with Crippen LogP contribution in [0.15, 0.2) is 18.2 Å². The molecule has 0 radical (unpaired) electrons. The van der Waals surface area contributed by atoms with Crippen LogP contribution in [0.2, 0.25) is 0 Å². The van der Waals surface area contributed by atoms with E-state index in [1.165, 1.54) is 25.1 Å². The molecule has 1 unspecified atom stereocenters. The fourth-order valence-electron chi connectivity index (χ4n) is 1.23. The number of hydrogen-bond donors (Lipinski definition) is 3. The number of nitrogens with one attached hydrogen (secondary N) is 2. The van der Waals surface area contributed by atoms with Gasteiger partial charge in [-0.3, -0.25) is 9.59 Å². The van der Waals surface area contributed by atoms with Gasteiger partial charge in [0.05, 0.1) is 6.10 Å². The first-order chi connectivity index (χ1) is 8.40. The predicted octanol–water partition coefficient (Wildman–Crippen LogP) is 0.570. The van der Waals surface area contributed by atoms with E-state index in [0.29, 0.717) is 11.3 Å². The topological polar surface area (TPSA) is 78.4 Å². The van der Waals surface area contributed by atoms with E-state index < -0.39 is 17.9 Å². The lowest BCUT2D eigenvalue weighted by Gasteiger charge is -2.08. The van der Waals surface area contributed by atoms with Gasteiger partial charge in [-0.25, -0.2) is 4.39 Å². The Labute approximate surface area is 104 Å². The first-order valence-electron chi connectivity index (χ1n) is 5.43. The second-order valence-corrected chi connectivity index (χ2v) is 3.98. The molecule has 0 saturated heterocycles. The molecule has 98 valence electrons. The molecule has 1 rings (SSSR count). The minimum Gasteiger partial charge on any atom is -0.392 e. The summed E-state index contributed by atoms with van der Waals surface area (Å²) < 4.78 is 13.0. The highest BCUT2D eigenvalue weighted by Crippen LogP contribution is 2.13. The Hall–Kier alpha value is -1.95. The lowest BCUT2D eigenvalue weighted by molar-refractivity contribution is -0.136. The van der Waals surface area contributed by atoms with Crippen LogP contribution in [-0.4, -0.2) is 29.6 Å². The summed E-state index contributed by atoms with van der Waals surface area (Å²) in [5.74, 6) is -2.09. The van der Waals surface area contributed by atoms with Crippen molar-refractivity contribution in [1.29, 1.82) is 0 Å². The lowest BCUT2D eigenvalue weighted by Crippen LogP contribution is -2.38. The summed E-state index contributed by atoms with van der Waals surface area (Å²) >= 11 is 0. The molecule has 0 saturated carbocycles. The molecule has 0 aliphatic carbocycles. The third-order valence-corrected chi connectivity index (χ3v) is 2.18. The minimum absolute atomic E-state index is 0.00526. The van der Waals surface area contributed by atoms with Crippen LogP contribution in [0.1, 0.15) is 12.5 Å². The summed E-state index contributed by atoms with van der Waals surface area (Å²) in [5, 5.41) is 13.5. The highest BCUT2D eigenvalue weighted by atomic mass is 19.1. The summed E-state index contributed by atoms with van der Waals surface area (Å²) in [6.45, 7) is 3.04. The molecule has 1 aromatic carbocycles. The third-order valence-electron chi connectivity index (χ3n) is 2.18. The quantitative estimate of drug-likeness (QED) is 0.690. The number of aliphatic hydroxyl groups is 1. The number of hydrogen-bond acceptors (Lipinski definition) is 3. The number of benzene rings is 1. The molecule has 18 heavy (non-hydrogen) atoms. The van der Waals surface area contributed by atoms with Gasteiger partial charge in [0, 0.05) is 12.2 Å². The van der Waals surface area contributed by atoms with Crippen LogP contribution < -0.4 is 10.6 Å². The smallest absolute Gasteiger partial charge is 0.313 e. The predicted molar refractivity (Wildman–Crippen MR) is 64.5 cm³/mol. The van der Waals surface area contributed by atoms with Gasteiger partial charge >= 0.3 is 11.8 Å². The average molecular weight is 254 g/mol. The van der Waals surface area contributed by atoms with Crippen molar-refractivity contribution in [3.63, 3.8) is 0 Å². The third kappa shape index (κ3) is 4.14. The fraction of sp³-hybridized carbons (Fsp3) is 0.333. The largest absolute Gasteiger partial charge is 0.392 e. The van der Waals surface area contributed by atoms with E-state index >= 15 is 0 Å². The zero-order valence-corrected chi connectivity index (χ0v) is 10.2. The zero-order valence-electron chi connectivity index (χ0n) is 10.2. The van der Waals surface area contributed by atoms with Gasteiger partial charge in [0.25, 0.3) is 0 Å². The van der Waals surface area contributed by atoms with Gasteiger partial charge in [-0.15, -0.1) is 0 Å². The van der Waals surface area contributed by atoms with Gasteiger partial charge in [-0.1, -0.05) is 0 Å². The van der Waals surface area contributed by atoms with Gasteiger partial charge in [0.2, 0.25) is 0 Å². The van der Waals surface area contributed by atoms with Crippen LogP contribution >= 0.6 is 0 Å². The Morgan fingerprint density at radius 3 is 2.61 bits per heavy atom. The minimum atomic E-state index is -0.860. The zero-order chi connectivity index (χ0) is 13.7. The number of carbonyl (C=O) groups is 2. The summed E-state index contributed by atoms with van der Waals surface area (Å²) in [6, 6.07) is 4.00. The summed E-state index contributed by atoms with van der Waals surface area (Å²) in [6.07, 6.45) is -0.727. The molecular weight excluding hydrogens is 239 g/mol. The molecule has 1 aromatic rings. The Morgan fingerprint density at radius 1 is 1.39 bits per heavy atom. The maximum absolute atomic E-state index is 13.0. The van der Waals surface area contributed by atoms with E-state index in [-0.39, 0.29) is 12.4 Å². The molecular formula is C12H15FN2O3. The van der Waals surface area contributed by atoms with Crippen LogP contribution in [0.5, 0.6) is 0 Å². The average Bonchev–Trinajstić information content (AvgIpc) is 2.30. The number of rotatable bonds is 3. The van der Waals surface area contributed by atoms with Crippen molar-refractivity contribution in [2.45, 2.75) is 20.0 Å². The molecule has 0 bridgehead atoms. The molecule has 0 heterocycles. The van der Waals surface area contributed by atoms with Gasteiger partial charge in [-0.2, -0.15) is 0 Å². The van der Waals surface area contributed by atoms with E-state index in [1.54, 1.807) is 6.92 Å². The number of carbonyl (C=O) groups excluding carboxylic acids is 2. The number of halogens is 1. The van der Waals surface area contributed by atoms with Crippen molar-refractivity contribution in [2.75, 3.05) is 11.9 Å². The number of amides is 2. The van der Waals surface area contributed by atoms with Crippen molar-refractivity contribution in [2.24, 2.45) is 0 Å². The van der Waals surface area contributed by atoms with Gasteiger partial charge in [-0.05, 0) is 37.6 Å². The van der Waals surface area contributed by atoms with E-state index in [4.69, 9.17) is 5.11 Å². The van der Waals surface area contributed by atoms with Crippen LogP contribution in [0.25, 0.3) is 0 Å². The van der Waals surface area contributed by atoms with E-state index in [2.05, 4.69) is 10.6 Å². The summed E-state index contributed by atoms with van der Waals surface area (Å²) in [7, 11) is 0. The Bertz CT molecular complexity index is 461. The van der Waals surface area contributed by atoms with Crippen LogP contribution in [0, 0.1) is 12.7 Å². The molecule has 3 N–H and O–H groups in total. The maximum atomic E-state index is 13.0. The molecule has 0 aliphatic rings. The normalized spacial score (nSPS) is 11.8. The van der Waals surface area contributed by atoms with Crippen molar-refractivity contribution in [3.8, 4) is 0 Å². The summed E-state index contributed by atoms with van der Waals surface area (Å²) in [4.78, 5) is 22.7. The molecule has 0 aliphatic heterocycles. The Balaban J connectivity index is 2.58. The van der Waals surface area contributed by atoms with E-state index in [9.17, 15) is 14.0 Å². The van der Waals surface area contributed by atoms with Crippen molar-refractivity contribution < 1.29 is 19.1 Å². The molecule has 0 spiro atoms. The molecule has 2 amide bonds. The molecule has 0 fully saturated rings. The van der Waals surface area contributed by atoms with Gasteiger partial charge < -0.3 is 15.7 Å². The van der Waals surface area contributed by atoms with E-state index in [0.717, 1.165) is 0 Å². The Kier molecular flexibility index (Phi) is 4.79. The fourth-order valence-corrected chi connectivity index (χ4v) is 1.23. The first-order valence-corrected chi connectivity index (χ1v) is 5.43. The lowest BCUT2D eigenvalue weighted by atomic mass is 10.2. The number of aryl methyl sites for hydroxylation is 1. The molecule has 1 atom stereocenters. The number of anilines is 1. The molecule has 6 heteroatoms. The van der Waals surface area contributed by atoms with E-state index in [1.807, 2.05) is 0 Å². The molecule has 0 aromatic heterocycles.